The van der Waals surface area contributed by atoms with E-state index in [1.807, 2.05) is 56.4 Å². The van der Waals surface area contributed by atoms with Crippen LogP contribution < -0.4 is 0 Å². The molecule has 0 radical (unpaired) electrons. The quantitative estimate of drug-likeness (QED) is 0.265. The van der Waals surface area contributed by atoms with Crippen molar-refractivity contribution in [1.82, 2.24) is 0 Å². The molecule has 1 aliphatic heterocycles. The second kappa shape index (κ2) is 19.9. The minimum Gasteiger partial charge on any atom is -0.461 e. The highest BCUT2D eigenvalue weighted by molar-refractivity contribution is 5.72. The molecule has 0 unspecified atom stereocenters. The highest BCUT2D eigenvalue weighted by atomic mass is 16.5. The van der Waals surface area contributed by atoms with Crippen molar-refractivity contribution in [3.05, 3.63) is 60.8 Å². The summed E-state index contributed by atoms with van der Waals surface area (Å²) < 4.78 is 5.68. The molecule has 6 N–H and O–H groups in total. The Balaban J connectivity index is 2.94. The maximum atomic E-state index is 12.7. The van der Waals surface area contributed by atoms with Gasteiger partial charge in [-0.05, 0) is 45.4 Å². The molecule has 0 aromatic carbocycles. The summed E-state index contributed by atoms with van der Waals surface area (Å²) in [5.41, 5.74) is 0. The van der Waals surface area contributed by atoms with E-state index in [0.717, 1.165) is 0 Å². The Labute approximate surface area is 240 Å². The lowest BCUT2D eigenvalue weighted by molar-refractivity contribution is -0.159. The largest absolute Gasteiger partial charge is 0.461 e. The number of carbonyl (C=O) groups excluding carboxylic acids is 1. The monoisotopic (exact) mass is 564 g/mol. The summed E-state index contributed by atoms with van der Waals surface area (Å²) >= 11 is 0. The van der Waals surface area contributed by atoms with Gasteiger partial charge >= 0.3 is 5.97 Å². The number of carbonyl (C=O) groups is 1. The first-order chi connectivity index (χ1) is 19.0. The minimum absolute atomic E-state index is 0.00951. The van der Waals surface area contributed by atoms with Crippen LogP contribution in [0, 0.1) is 17.8 Å². The van der Waals surface area contributed by atoms with Crippen LogP contribution in [-0.2, 0) is 9.53 Å². The Bertz CT molecular complexity index is 848. The van der Waals surface area contributed by atoms with E-state index < -0.39 is 54.4 Å². The first-order valence-electron chi connectivity index (χ1n) is 14.6. The SMILES string of the molecule is CC[C@@H]1OC(=O)[C@@H](C)[C@H](O)C[C@@H](O)CCC[C@H](O)C[C@H](O)C[C@H](O)[C@@H](C)[C@H](O)\C=C/C=C\C=C/C=C\C=C/[C@H]1C. The molecule has 0 bridgehead atoms. The topological polar surface area (TPSA) is 148 Å². The van der Waals surface area contributed by atoms with Crippen LogP contribution in [0.15, 0.2) is 60.8 Å². The second-order valence-electron chi connectivity index (χ2n) is 11.0. The summed E-state index contributed by atoms with van der Waals surface area (Å²) in [6.07, 6.45) is 14.0. The fourth-order valence-electron chi connectivity index (χ4n) is 4.52. The van der Waals surface area contributed by atoms with Gasteiger partial charge in [-0.25, -0.2) is 0 Å². The molecule has 0 fully saturated rings. The molecule has 1 aliphatic rings. The van der Waals surface area contributed by atoms with Crippen LogP contribution in [0.1, 0.15) is 72.6 Å². The van der Waals surface area contributed by atoms with Crippen molar-refractivity contribution in [3.8, 4) is 0 Å². The number of allylic oxidation sites excluding steroid dienone is 8. The molecule has 0 aliphatic carbocycles. The Hall–Kier alpha value is -2.07. The van der Waals surface area contributed by atoms with E-state index in [0.29, 0.717) is 25.7 Å². The second-order valence-corrected chi connectivity index (χ2v) is 11.0. The summed E-state index contributed by atoms with van der Waals surface area (Å²) in [5.74, 6) is -1.85. The van der Waals surface area contributed by atoms with E-state index in [9.17, 15) is 35.4 Å². The van der Waals surface area contributed by atoms with Gasteiger partial charge in [0.1, 0.15) is 6.10 Å². The maximum absolute atomic E-state index is 12.7. The smallest absolute Gasteiger partial charge is 0.311 e. The lowest BCUT2D eigenvalue weighted by atomic mass is 9.91. The van der Waals surface area contributed by atoms with Gasteiger partial charge in [-0.3, -0.25) is 4.79 Å². The summed E-state index contributed by atoms with van der Waals surface area (Å²) in [5, 5.41) is 62.3. The van der Waals surface area contributed by atoms with E-state index in [4.69, 9.17) is 4.74 Å². The van der Waals surface area contributed by atoms with Crippen LogP contribution in [0.2, 0.25) is 0 Å². The lowest BCUT2D eigenvalue weighted by Crippen LogP contribution is -2.34. The van der Waals surface area contributed by atoms with Crippen molar-refractivity contribution in [3.63, 3.8) is 0 Å². The van der Waals surface area contributed by atoms with Crippen LogP contribution in [0.5, 0.6) is 0 Å². The normalized spacial score (nSPS) is 41.0. The average Bonchev–Trinajstić information content (AvgIpc) is 2.90. The third kappa shape index (κ3) is 14.5. The molecule has 228 valence electrons. The number of esters is 1. The molecular weight excluding hydrogens is 512 g/mol. The van der Waals surface area contributed by atoms with E-state index >= 15 is 0 Å². The molecule has 0 amide bonds. The number of hydrogen-bond acceptors (Lipinski definition) is 8. The Morgan fingerprint density at radius 3 is 1.77 bits per heavy atom. The number of rotatable bonds is 1. The van der Waals surface area contributed by atoms with E-state index in [1.54, 1.807) is 32.1 Å². The predicted octanol–water partition coefficient (Wildman–Crippen LogP) is 3.52. The van der Waals surface area contributed by atoms with Gasteiger partial charge in [0.2, 0.25) is 0 Å². The maximum Gasteiger partial charge on any atom is 0.311 e. The molecule has 40 heavy (non-hydrogen) atoms. The molecule has 0 aromatic heterocycles. The van der Waals surface area contributed by atoms with Gasteiger partial charge in [-0.2, -0.15) is 0 Å². The fourth-order valence-corrected chi connectivity index (χ4v) is 4.52. The Morgan fingerprint density at radius 1 is 0.700 bits per heavy atom. The van der Waals surface area contributed by atoms with Crippen molar-refractivity contribution in [2.45, 2.75) is 115 Å². The first kappa shape index (κ1) is 36.0. The molecule has 8 nitrogen and oxygen atoms in total. The molecule has 0 saturated heterocycles. The lowest BCUT2D eigenvalue weighted by Gasteiger charge is -2.26. The van der Waals surface area contributed by atoms with Gasteiger partial charge in [0.15, 0.2) is 0 Å². The Morgan fingerprint density at radius 2 is 1.20 bits per heavy atom. The van der Waals surface area contributed by atoms with Gasteiger partial charge in [-0.15, -0.1) is 0 Å². The first-order valence-corrected chi connectivity index (χ1v) is 14.6. The van der Waals surface area contributed by atoms with E-state index in [2.05, 4.69) is 0 Å². The third-order valence-corrected chi connectivity index (χ3v) is 7.50. The van der Waals surface area contributed by atoms with Crippen molar-refractivity contribution < 1.29 is 40.2 Å². The van der Waals surface area contributed by atoms with Gasteiger partial charge in [0, 0.05) is 18.3 Å². The zero-order valence-corrected chi connectivity index (χ0v) is 24.5. The number of hydrogen-bond donors (Lipinski definition) is 6. The molecular formula is C32H52O8. The average molecular weight is 565 g/mol. The molecule has 0 spiro atoms. The number of cyclic esters (lactones) is 1. The minimum atomic E-state index is -1.07. The molecule has 1 heterocycles. The highest BCUT2D eigenvalue weighted by Crippen LogP contribution is 2.21. The van der Waals surface area contributed by atoms with Gasteiger partial charge in [0.05, 0.1) is 42.5 Å². The van der Waals surface area contributed by atoms with Gasteiger partial charge in [-0.1, -0.05) is 81.5 Å². The van der Waals surface area contributed by atoms with Crippen molar-refractivity contribution >= 4 is 5.97 Å². The summed E-state index contributed by atoms with van der Waals surface area (Å²) in [7, 11) is 0. The third-order valence-electron chi connectivity index (χ3n) is 7.50. The molecule has 0 aromatic rings. The van der Waals surface area contributed by atoms with E-state index in [-0.39, 0.29) is 31.3 Å². The molecule has 8 heteroatoms. The molecule has 1 rings (SSSR count). The zero-order valence-electron chi connectivity index (χ0n) is 24.5. The predicted molar refractivity (Wildman–Crippen MR) is 157 cm³/mol. The summed E-state index contributed by atoms with van der Waals surface area (Å²) in [6.45, 7) is 7.18. The van der Waals surface area contributed by atoms with Crippen LogP contribution in [0.4, 0.5) is 0 Å². The zero-order chi connectivity index (χ0) is 30.1. The van der Waals surface area contributed by atoms with Gasteiger partial charge < -0.3 is 35.4 Å². The number of aliphatic hydroxyl groups is 6. The number of aliphatic hydroxyl groups excluding tert-OH is 6. The molecule has 0 saturated carbocycles. The van der Waals surface area contributed by atoms with Crippen molar-refractivity contribution in [1.29, 1.82) is 0 Å². The highest BCUT2D eigenvalue weighted by Gasteiger charge is 2.29. The van der Waals surface area contributed by atoms with Gasteiger partial charge in [0.25, 0.3) is 0 Å². The summed E-state index contributed by atoms with van der Waals surface area (Å²) in [6, 6.07) is 0. The number of ether oxygens (including phenoxy) is 1. The molecule has 10 atom stereocenters. The van der Waals surface area contributed by atoms with Crippen LogP contribution in [0.25, 0.3) is 0 Å². The Kier molecular flexibility index (Phi) is 17.9. The van der Waals surface area contributed by atoms with Crippen LogP contribution in [-0.4, -0.2) is 79.3 Å². The van der Waals surface area contributed by atoms with E-state index in [1.165, 1.54) is 0 Å². The summed E-state index contributed by atoms with van der Waals surface area (Å²) in [4.78, 5) is 12.7. The fraction of sp³-hybridized carbons (Fsp3) is 0.656. The van der Waals surface area contributed by atoms with Crippen LogP contribution in [0.3, 0.4) is 0 Å². The standard InChI is InChI=1S/C32H52O8/c1-5-31-22(2)15-12-10-8-6-7-9-11-13-18-28(36)23(3)29(37)21-27(35)19-25(33)16-14-17-26(34)20-30(38)24(4)32(39)40-31/h6-13,15,18,22-31,33-38H,5,14,16-17,19-21H2,1-4H3/b7-6-,10-8-,11-9-,15-12-,18-13-/t22-,23+,24+,25+,26+,27+,28-,29+,30-,31+/m1/s1. The van der Waals surface area contributed by atoms with Crippen molar-refractivity contribution in [2.24, 2.45) is 17.8 Å². The van der Waals surface area contributed by atoms with Crippen molar-refractivity contribution in [2.75, 3.05) is 0 Å². The van der Waals surface area contributed by atoms with Crippen LogP contribution >= 0.6 is 0 Å².